The van der Waals surface area contributed by atoms with Crippen molar-refractivity contribution in [3.8, 4) is 5.75 Å². The number of nitro groups is 1. The molecule has 3 aromatic carbocycles. The third-order valence-electron chi connectivity index (χ3n) is 4.48. The molecule has 0 unspecified atom stereocenters. The maximum atomic E-state index is 12.7. The average molecular weight is 424 g/mol. The Bertz CT molecular complexity index is 1170. The summed E-state index contributed by atoms with van der Waals surface area (Å²) in [5.74, 6) is 0.655. The van der Waals surface area contributed by atoms with Crippen molar-refractivity contribution in [2.45, 2.75) is 11.8 Å². The standard InChI is InChI=1S/C22H20N2O5S/c1-16-3-13-21(14-4-16)30(27,28)23-15-22(18-7-11-20(29-2)12-8-18)17-5-9-19(10-6-17)24(25)26/h3-15,23H,1-2H3/b22-15+. The molecule has 154 valence electrons. The van der Waals surface area contributed by atoms with Gasteiger partial charge in [-0.2, -0.15) is 0 Å². The molecule has 0 atom stereocenters. The van der Waals surface area contributed by atoms with Gasteiger partial charge in [0.25, 0.3) is 15.7 Å². The number of non-ortho nitro benzene ring substituents is 1. The van der Waals surface area contributed by atoms with Crippen molar-refractivity contribution in [3.05, 3.63) is 106 Å². The summed E-state index contributed by atoms with van der Waals surface area (Å²) < 4.78 is 33.1. The van der Waals surface area contributed by atoms with Gasteiger partial charge in [0.2, 0.25) is 0 Å². The Morgan fingerprint density at radius 2 is 1.47 bits per heavy atom. The molecular weight excluding hydrogens is 404 g/mol. The van der Waals surface area contributed by atoms with Gasteiger partial charge in [0.05, 0.1) is 16.9 Å². The molecule has 8 heteroatoms. The van der Waals surface area contributed by atoms with Crippen molar-refractivity contribution in [2.75, 3.05) is 7.11 Å². The van der Waals surface area contributed by atoms with Gasteiger partial charge in [-0.25, -0.2) is 8.42 Å². The molecule has 0 saturated carbocycles. The maximum absolute atomic E-state index is 12.7. The smallest absolute Gasteiger partial charge is 0.269 e. The first-order valence-corrected chi connectivity index (χ1v) is 10.5. The maximum Gasteiger partial charge on any atom is 0.269 e. The molecule has 0 bridgehead atoms. The topological polar surface area (TPSA) is 98.5 Å². The number of methoxy groups -OCH3 is 1. The molecule has 0 spiro atoms. The molecule has 0 radical (unpaired) electrons. The molecule has 30 heavy (non-hydrogen) atoms. The molecular formula is C22H20N2O5S. The highest BCUT2D eigenvalue weighted by molar-refractivity contribution is 7.89. The number of hydrogen-bond acceptors (Lipinski definition) is 5. The Labute approximate surface area is 174 Å². The van der Waals surface area contributed by atoms with Crippen LogP contribution in [0.3, 0.4) is 0 Å². The van der Waals surface area contributed by atoms with Crippen LogP contribution >= 0.6 is 0 Å². The molecule has 0 heterocycles. The van der Waals surface area contributed by atoms with Crippen LogP contribution in [0.5, 0.6) is 5.75 Å². The average Bonchev–Trinajstić information content (AvgIpc) is 2.75. The van der Waals surface area contributed by atoms with Gasteiger partial charge in [-0.1, -0.05) is 29.8 Å². The van der Waals surface area contributed by atoms with Crippen molar-refractivity contribution in [1.29, 1.82) is 0 Å². The van der Waals surface area contributed by atoms with Crippen LogP contribution in [0.1, 0.15) is 16.7 Å². The molecule has 0 amide bonds. The van der Waals surface area contributed by atoms with Gasteiger partial charge in [-0.15, -0.1) is 0 Å². The first kappa shape index (κ1) is 21.1. The van der Waals surface area contributed by atoms with E-state index in [0.29, 0.717) is 16.9 Å². The number of aryl methyl sites for hydroxylation is 1. The summed E-state index contributed by atoms with van der Waals surface area (Å²) in [5, 5.41) is 10.9. The second-order valence-electron chi connectivity index (χ2n) is 6.52. The fourth-order valence-electron chi connectivity index (χ4n) is 2.79. The Morgan fingerprint density at radius 1 is 0.933 bits per heavy atom. The predicted octanol–water partition coefficient (Wildman–Crippen LogP) is 4.28. The van der Waals surface area contributed by atoms with Crippen LogP contribution in [-0.2, 0) is 10.0 Å². The van der Waals surface area contributed by atoms with Gasteiger partial charge in [0, 0.05) is 23.9 Å². The summed E-state index contributed by atoms with van der Waals surface area (Å²) in [5.41, 5.74) is 2.80. The van der Waals surface area contributed by atoms with E-state index < -0.39 is 14.9 Å². The van der Waals surface area contributed by atoms with Crippen molar-refractivity contribution >= 4 is 21.3 Å². The predicted molar refractivity (Wildman–Crippen MR) is 115 cm³/mol. The molecule has 0 aromatic heterocycles. The van der Waals surface area contributed by atoms with Crippen LogP contribution in [0.2, 0.25) is 0 Å². The lowest BCUT2D eigenvalue weighted by molar-refractivity contribution is -0.384. The van der Waals surface area contributed by atoms with Gasteiger partial charge < -0.3 is 4.74 Å². The molecule has 0 aliphatic carbocycles. The van der Waals surface area contributed by atoms with Gasteiger partial charge in [-0.05, 0) is 54.4 Å². The van der Waals surface area contributed by atoms with Crippen LogP contribution < -0.4 is 9.46 Å². The monoisotopic (exact) mass is 424 g/mol. The molecule has 0 aliphatic rings. The molecule has 0 saturated heterocycles. The van der Waals surface area contributed by atoms with E-state index in [9.17, 15) is 18.5 Å². The van der Waals surface area contributed by atoms with E-state index in [2.05, 4.69) is 4.72 Å². The SMILES string of the molecule is COc1ccc(/C(=C/NS(=O)(=O)c2ccc(C)cc2)c2ccc([N+](=O)[O-])cc2)cc1. The van der Waals surface area contributed by atoms with E-state index in [4.69, 9.17) is 4.74 Å². The first-order valence-electron chi connectivity index (χ1n) is 8.98. The number of benzene rings is 3. The van der Waals surface area contributed by atoms with Gasteiger partial charge in [-0.3, -0.25) is 14.8 Å². The van der Waals surface area contributed by atoms with E-state index >= 15 is 0 Å². The number of nitro benzene ring substituents is 1. The molecule has 0 aliphatic heterocycles. The lowest BCUT2D eigenvalue weighted by atomic mass is 9.98. The number of hydrogen-bond donors (Lipinski definition) is 1. The molecule has 7 nitrogen and oxygen atoms in total. The number of rotatable bonds is 7. The summed E-state index contributed by atoms with van der Waals surface area (Å²) in [6.07, 6.45) is 1.39. The van der Waals surface area contributed by atoms with Crippen molar-refractivity contribution in [1.82, 2.24) is 4.72 Å². The van der Waals surface area contributed by atoms with Crippen molar-refractivity contribution in [3.63, 3.8) is 0 Å². The van der Waals surface area contributed by atoms with Crippen molar-refractivity contribution in [2.24, 2.45) is 0 Å². The highest BCUT2D eigenvalue weighted by Crippen LogP contribution is 2.27. The van der Waals surface area contributed by atoms with Crippen LogP contribution in [-0.4, -0.2) is 20.5 Å². The zero-order chi connectivity index (χ0) is 21.7. The minimum absolute atomic E-state index is 0.0481. The molecule has 3 aromatic rings. The second-order valence-corrected chi connectivity index (χ2v) is 8.24. The highest BCUT2D eigenvalue weighted by atomic mass is 32.2. The Morgan fingerprint density at radius 3 is 1.97 bits per heavy atom. The zero-order valence-corrected chi connectivity index (χ0v) is 17.2. The fourth-order valence-corrected chi connectivity index (χ4v) is 3.69. The van der Waals surface area contributed by atoms with E-state index in [-0.39, 0.29) is 10.6 Å². The van der Waals surface area contributed by atoms with E-state index in [1.165, 1.54) is 30.5 Å². The van der Waals surface area contributed by atoms with Crippen molar-refractivity contribution < 1.29 is 18.1 Å². The van der Waals surface area contributed by atoms with Gasteiger partial charge in [0.1, 0.15) is 5.75 Å². The fraction of sp³-hybridized carbons (Fsp3) is 0.0909. The summed E-state index contributed by atoms with van der Waals surface area (Å²) in [7, 11) is -2.23. The first-order chi connectivity index (χ1) is 14.3. The normalized spacial score (nSPS) is 11.7. The summed E-state index contributed by atoms with van der Waals surface area (Å²) in [4.78, 5) is 10.6. The molecule has 3 rings (SSSR count). The van der Waals surface area contributed by atoms with Crippen LogP contribution in [0, 0.1) is 17.0 Å². The number of nitrogens with zero attached hydrogens (tertiary/aromatic N) is 1. The Hall–Kier alpha value is -3.65. The summed E-state index contributed by atoms with van der Waals surface area (Å²) in [6, 6.07) is 19.5. The second kappa shape index (κ2) is 8.79. The van der Waals surface area contributed by atoms with Crippen LogP contribution in [0.4, 0.5) is 5.69 Å². The lowest BCUT2D eigenvalue weighted by Crippen LogP contribution is -2.18. The number of ether oxygens (including phenoxy) is 1. The summed E-state index contributed by atoms with van der Waals surface area (Å²) >= 11 is 0. The van der Waals surface area contributed by atoms with Gasteiger partial charge >= 0.3 is 0 Å². The number of sulfonamides is 1. The third kappa shape index (κ3) is 4.84. The van der Waals surface area contributed by atoms with E-state index in [1.54, 1.807) is 55.6 Å². The minimum Gasteiger partial charge on any atom is -0.497 e. The minimum atomic E-state index is -3.78. The Balaban J connectivity index is 2.01. The van der Waals surface area contributed by atoms with E-state index in [1.807, 2.05) is 6.92 Å². The lowest BCUT2D eigenvalue weighted by Gasteiger charge is -2.11. The van der Waals surface area contributed by atoms with Crippen LogP contribution in [0.25, 0.3) is 5.57 Å². The largest absolute Gasteiger partial charge is 0.497 e. The van der Waals surface area contributed by atoms with Gasteiger partial charge in [0.15, 0.2) is 0 Å². The number of nitrogens with one attached hydrogen (secondary N) is 1. The Kier molecular flexibility index (Phi) is 6.17. The molecule has 1 N–H and O–H groups in total. The highest BCUT2D eigenvalue weighted by Gasteiger charge is 2.14. The van der Waals surface area contributed by atoms with E-state index in [0.717, 1.165) is 11.1 Å². The quantitative estimate of drug-likeness (QED) is 0.451. The summed E-state index contributed by atoms with van der Waals surface area (Å²) in [6.45, 7) is 1.88. The zero-order valence-electron chi connectivity index (χ0n) is 16.4. The van der Waals surface area contributed by atoms with Crippen LogP contribution in [0.15, 0.2) is 83.9 Å². The third-order valence-corrected chi connectivity index (χ3v) is 5.80. The molecule has 0 fully saturated rings.